The topological polar surface area (TPSA) is 80.5 Å². The minimum Gasteiger partial charge on any atom is -0.337 e. The summed E-state index contributed by atoms with van der Waals surface area (Å²) in [4.78, 5) is 12.9. The molecule has 0 spiro atoms. The second-order valence-corrected chi connectivity index (χ2v) is 6.28. The zero-order valence-electron chi connectivity index (χ0n) is 9.84. The molecule has 1 aromatic carbocycles. The summed E-state index contributed by atoms with van der Waals surface area (Å²) in [5.41, 5.74) is 0.391. The van der Waals surface area contributed by atoms with Gasteiger partial charge in [0.2, 0.25) is 15.9 Å². The Bertz CT molecular complexity index is 618. The first-order valence-electron chi connectivity index (χ1n) is 5.50. The van der Waals surface area contributed by atoms with E-state index in [4.69, 9.17) is 5.14 Å². The standard InChI is InChI=1S/C11H12F2N2O3S/c12-9-2-1-7(3-10(9)13)5-15-6-8(4-11(15)16)19(14,17)18/h1-3,8H,4-6H2,(H2,14,17,18). The molecule has 2 N–H and O–H groups in total. The molecule has 0 bridgehead atoms. The Morgan fingerprint density at radius 3 is 2.53 bits per heavy atom. The second-order valence-electron chi connectivity index (χ2n) is 4.44. The van der Waals surface area contributed by atoms with Crippen molar-refractivity contribution in [3.05, 3.63) is 35.4 Å². The van der Waals surface area contributed by atoms with Gasteiger partial charge in [0.15, 0.2) is 11.6 Å². The van der Waals surface area contributed by atoms with Crippen LogP contribution < -0.4 is 5.14 Å². The number of likely N-dealkylation sites (tertiary alicyclic amines) is 1. The number of halogens is 2. The van der Waals surface area contributed by atoms with Gasteiger partial charge in [-0.2, -0.15) is 0 Å². The molecular formula is C11H12F2N2O3S. The third-order valence-electron chi connectivity index (χ3n) is 3.00. The van der Waals surface area contributed by atoms with E-state index >= 15 is 0 Å². The summed E-state index contributed by atoms with van der Waals surface area (Å²) >= 11 is 0. The highest BCUT2D eigenvalue weighted by Crippen LogP contribution is 2.19. The largest absolute Gasteiger partial charge is 0.337 e. The van der Waals surface area contributed by atoms with Crippen LogP contribution in [0.3, 0.4) is 0 Å². The third-order valence-corrected chi connectivity index (χ3v) is 4.25. The molecule has 1 atom stereocenters. The lowest BCUT2D eigenvalue weighted by Gasteiger charge is -2.16. The second kappa shape index (κ2) is 4.86. The van der Waals surface area contributed by atoms with Gasteiger partial charge in [0.05, 0.1) is 0 Å². The fourth-order valence-electron chi connectivity index (χ4n) is 1.97. The van der Waals surface area contributed by atoms with Crippen LogP contribution in [0.1, 0.15) is 12.0 Å². The lowest BCUT2D eigenvalue weighted by molar-refractivity contribution is -0.128. The van der Waals surface area contributed by atoms with Crippen molar-refractivity contribution < 1.29 is 22.0 Å². The van der Waals surface area contributed by atoms with Gasteiger partial charge in [-0.3, -0.25) is 4.79 Å². The number of carbonyl (C=O) groups excluding carboxylic acids is 1. The monoisotopic (exact) mass is 290 g/mol. The molecule has 8 heteroatoms. The summed E-state index contributed by atoms with van der Waals surface area (Å²) < 4.78 is 48.1. The Kier molecular flexibility index (Phi) is 3.55. The van der Waals surface area contributed by atoms with Crippen molar-refractivity contribution >= 4 is 15.9 Å². The number of carbonyl (C=O) groups is 1. The van der Waals surface area contributed by atoms with Crippen molar-refractivity contribution in [2.45, 2.75) is 18.2 Å². The average molecular weight is 290 g/mol. The van der Waals surface area contributed by atoms with Crippen LogP contribution in [0.25, 0.3) is 0 Å². The van der Waals surface area contributed by atoms with Crippen molar-refractivity contribution in [1.82, 2.24) is 4.90 Å². The Morgan fingerprint density at radius 2 is 2.00 bits per heavy atom. The van der Waals surface area contributed by atoms with E-state index in [-0.39, 0.29) is 25.4 Å². The van der Waals surface area contributed by atoms with Gasteiger partial charge in [-0.25, -0.2) is 22.3 Å². The van der Waals surface area contributed by atoms with E-state index in [0.717, 1.165) is 12.1 Å². The van der Waals surface area contributed by atoms with Crippen LogP contribution in [0.4, 0.5) is 8.78 Å². The quantitative estimate of drug-likeness (QED) is 0.872. The summed E-state index contributed by atoms with van der Waals surface area (Å²) in [6, 6.07) is 3.28. The average Bonchev–Trinajstić information content (AvgIpc) is 2.65. The van der Waals surface area contributed by atoms with Crippen LogP contribution >= 0.6 is 0 Å². The summed E-state index contributed by atoms with van der Waals surface area (Å²) in [6.07, 6.45) is -0.178. The van der Waals surface area contributed by atoms with Crippen LogP contribution in [-0.4, -0.2) is 31.0 Å². The molecule has 104 valence electrons. The minimum absolute atomic E-state index is 0.0298. The molecule has 1 amide bonds. The van der Waals surface area contributed by atoms with E-state index < -0.39 is 26.9 Å². The van der Waals surface area contributed by atoms with Gasteiger partial charge in [0, 0.05) is 19.5 Å². The molecule has 2 rings (SSSR count). The molecule has 0 aliphatic carbocycles. The van der Waals surface area contributed by atoms with Crippen molar-refractivity contribution in [3.8, 4) is 0 Å². The number of hydrogen-bond acceptors (Lipinski definition) is 3. The van der Waals surface area contributed by atoms with E-state index in [9.17, 15) is 22.0 Å². The van der Waals surface area contributed by atoms with E-state index in [0.29, 0.717) is 5.56 Å². The smallest absolute Gasteiger partial charge is 0.224 e. The number of benzene rings is 1. The molecule has 5 nitrogen and oxygen atoms in total. The van der Waals surface area contributed by atoms with Crippen molar-refractivity contribution in [2.75, 3.05) is 6.54 Å². The first-order valence-corrected chi connectivity index (χ1v) is 7.11. The number of sulfonamides is 1. The lowest BCUT2D eigenvalue weighted by Crippen LogP contribution is -2.31. The summed E-state index contributed by atoms with van der Waals surface area (Å²) in [6.45, 7) is -0.00127. The van der Waals surface area contributed by atoms with Crippen molar-refractivity contribution in [2.24, 2.45) is 5.14 Å². The Morgan fingerprint density at radius 1 is 1.32 bits per heavy atom. The van der Waals surface area contributed by atoms with Crippen molar-refractivity contribution in [3.63, 3.8) is 0 Å². The van der Waals surface area contributed by atoms with Gasteiger partial charge in [-0.1, -0.05) is 6.07 Å². The Hall–Kier alpha value is -1.54. The van der Waals surface area contributed by atoms with E-state index in [1.165, 1.54) is 11.0 Å². The lowest BCUT2D eigenvalue weighted by atomic mass is 10.2. The van der Waals surface area contributed by atoms with Gasteiger partial charge in [0.25, 0.3) is 0 Å². The third kappa shape index (κ3) is 3.07. The maximum atomic E-state index is 13.0. The van der Waals surface area contributed by atoms with Crippen LogP contribution in [0.15, 0.2) is 18.2 Å². The molecule has 1 aromatic rings. The number of primary sulfonamides is 1. The minimum atomic E-state index is -3.77. The molecule has 1 aliphatic heterocycles. The highest BCUT2D eigenvalue weighted by atomic mass is 32.2. The summed E-state index contributed by atoms with van der Waals surface area (Å²) in [7, 11) is -3.77. The van der Waals surface area contributed by atoms with E-state index in [2.05, 4.69) is 0 Å². The molecule has 0 aromatic heterocycles. The summed E-state index contributed by atoms with van der Waals surface area (Å²) in [5, 5.41) is 4.05. The highest BCUT2D eigenvalue weighted by molar-refractivity contribution is 7.89. The first-order chi connectivity index (χ1) is 8.77. The predicted molar refractivity (Wildman–Crippen MR) is 63.3 cm³/mol. The van der Waals surface area contributed by atoms with Crippen molar-refractivity contribution in [1.29, 1.82) is 0 Å². The van der Waals surface area contributed by atoms with Crippen LogP contribution in [0, 0.1) is 11.6 Å². The highest BCUT2D eigenvalue weighted by Gasteiger charge is 2.36. The number of rotatable bonds is 3. The van der Waals surface area contributed by atoms with Crippen LogP contribution in [0.2, 0.25) is 0 Å². The maximum absolute atomic E-state index is 13.0. The van der Waals surface area contributed by atoms with Gasteiger partial charge in [-0.05, 0) is 17.7 Å². The molecule has 1 heterocycles. The molecule has 19 heavy (non-hydrogen) atoms. The fourth-order valence-corrected chi connectivity index (χ4v) is 2.73. The van der Waals surface area contributed by atoms with Crippen LogP contribution in [-0.2, 0) is 21.4 Å². The number of nitrogens with zero attached hydrogens (tertiary/aromatic N) is 1. The molecule has 0 saturated carbocycles. The Balaban J connectivity index is 2.12. The molecular weight excluding hydrogens is 278 g/mol. The number of hydrogen-bond donors (Lipinski definition) is 1. The molecule has 1 aliphatic rings. The molecule has 1 unspecified atom stereocenters. The Labute approximate surface area is 109 Å². The number of amides is 1. The SMILES string of the molecule is NS(=O)(=O)C1CC(=O)N(Cc2ccc(F)c(F)c2)C1. The van der Waals surface area contributed by atoms with Gasteiger partial charge >= 0.3 is 0 Å². The maximum Gasteiger partial charge on any atom is 0.224 e. The number of nitrogens with two attached hydrogens (primary N) is 1. The zero-order chi connectivity index (χ0) is 14.2. The first kappa shape index (κ1) is 13.9. The molecule has 0 radical (unpaired) electrons. The van der Waals surface area contributed by atoms with Gasteiger partial charge < -0.3 is 4.90 Å². The van der Waals surface area contributed by atoms with E-state index in [1.54, 1.807) is 0 Å². The van der Waals surface area contributed by atoms with Gasteiger partial charge in [0.1, 0.15) is 5.25 Å². The molecule has 1 saturated heterocycles. The normalized spacial score (nSPS) is 20.1. The van der Waals surface area contributed by atoms with E-state index in [1.807, 2.05) is 0 Å². The molecule has 1 fully saturated rings. The summed E-state index contributed by atoms with van der Waals surface area (Å²) in [5.74, 6) is -2.35. The fraction of sp³-hybridized carbons (Fsp3) is 0.364. The van der Waals surface area contributed by atoms with Gasteiger partial charge in [-0.15, -0.1) is 0 Å². The van der Waals surface area contributed by atoms with Crippen LogP contribution in [0.5, 0.6) is 0 Å². The predicted octanol–water partition coefficient (Wildman–Crippen LogP) is 0.354. The zero-order valence-corrected chi connectivity index (χ0v) is 10.7.